The van der Waals surface area contributed by atoms with Gasteiger partial charge in [-0.05, 0) is 23.3 Å². The van der Waals surface area contributed by atoms with Gasteiger partial charge >= 0.3 is 0 Å². The smallest absolute Gasteiger partial charge is 0.260 e. The SMILES string of the molecule is C#CCn1c(=NC(=O)C(c2ccccc2)c2ccccc2)sc2cc(Cl)cc(Cl)c21. The fraction of sp³-hybridized carbons (Fsp3) is 0.0833. The number of terminal acetylenes is 1. The fourth-order valence-electron chi connectivity index (χ4n) is 3.38. The van der Waals surface area contributed by atoms with Crippen LogP contribution in [0, 0.1) is 12.3 Å². The Hall–Kier alpha value is -2.84. The summed E-state index contributed by atoms with van der Waals surface area (Å²) in [4.78, 5) is 18.4. The van der Waals surface area contributed by atoms with Gasteiger partial charge < -0.3 is 4.57 Å². The molecule has 3 aromatic carbocycles. The summed E-state index contributed by atoms with van der Waals surface area (Å²) in [7, 11) is 0. The number of benzene rings is 3. The van der Waals surface area contributed by atoms with Crippen molar-refractivity contribution >= 4 is 50.7 Å². The molecular formula is C24H16Cl2N2OS. The van der Waals surface area contributed by atoms with Gasteiger partial charge in [0.05, 0.1) is 27.7 Å². The lowest BCUT2D eigenvalue weighted by molar-refractivity contribution is -0.118. The molecule has 4 aromatic rings. The average molecular weight is 451 g/mol. The zero-order valence-corrected chi connectivity index (χ0v) is 18.1. The molecule has 0 saturated carbocycles. The van der Waals surface area contributed by atoms with E-state index in [0.717, 1.165) is 21.3 Å². The molecule has 3 nitrogen and oxygen atoms in total. The van der Waals surface area contributed by atoms with E-state index in [1.54, 1.807) is 16.7 Å². The van der Waals surface area contributed by atoms with Gasteiger partial charge in [0.25, 0.3) is 5.91 Å². The Morgan fingerprint density at radius 3 is 2.20 bits per heavy atom. The van der Waals surface area contributed by atoms with Crippen molar-refractivity contribution in [2.24, 2.45) is 4.99 Å². The van der Waals surface area contributed by atoms with E-state index in [4.69, 9.17) is 29.6 Å². The Morgan fingerprint density at radius 1 is 1.03 bits per heavy atom. The molecule has 0 fully saturated rings. The van der Waals surface area contributed by atoms with Crippen LogP contribution >= 0.6 is 34.5 Å². The summed E-state index contributed by atoms with van der Waals surface area (Å²) in [6, 6.07) is 22.7. The standard InChI is InChI=1S/C24H16Cl2N2OS/c1-2-13-28-22-19(26)14-18(25)15-20(22)30-24(28)27-23(29)21(16-9-5-3-6-10-16)17-11-7-4-8-12-17/h1,3-12,14-15,21H,13H2. The van der Waals surface area contributed by atoms with Crippen molar-refractivity contribution in [1.29, 1.82) is 0 Å². The summed E-state index contributed by atoms with van der Waals surface area (Å²) < 4.78 is 2.61. The minimum atomic E-state index is -0.518. The van der Waals surface area contributed by atoms with Crippen LogP contribution in [0.3, 0.4) is 0 Å². The Bertz CT molecular complexity index is 1280. The number of hydrogen-bond donors (Lipinski definition) is 0. The molecule has 0 N–H and O–H groups in total. The van der Waals surface area contributed by atoms with Crippen molar-refractivity contribution in [2.45, 2.75) is 12.5 Å². The van der Waals surface area contributed by atoms with E-state index in [1.165, 1.54) is 11.3 Å². The van der Waals surface area contributed by atoms with E-state index in [1.807, 2.05) is 60.7 Å². The number of fused-ring (bicyclic) bond motifs is 1. The van der Waals surface area contributed by atoms with Crippen molar-refractivity contribution < 1.29 is 4.79 Å². The number of amides is 1. The Labute approximate surface area is 188 Å². The molecule has 0 radical (unpaired) electrons. The highest BCUT2D eigenvalue weighted by atomic mass is 35.5. The number of rotatable bonds is 4. The highest BCUT2D eigenvalue weighted by molar-refractivity contribution is 7.16. The van der Waals surface area contributed by atoms with Crippen LogP contribution in [0.25, 0.3) is 10.2 Å². The van der Waals surface area contributed by atoms with Crippen LogP contribution in [0.4, 0.5) is 0 Å². The zero-order valence-electron chi connectivity index (χ0n) is 15.8. The lowest BCUT2D eigenvalue weighted by Crippen LogP contribution is -2.20. The summed E-state index contributed by atoms with van der Waals surface area (Å²) in [6.07, 6.45) is 5.57. The lowest BCUT2D eigenvalue weighted by Gasteiger charge is -2.14. The largest absolute Gasteiger partial charge is 0.303 e. The predicted octanol–water partition coefficient (Wildman–Crippen LogP) is 5.90. The number of carbonyl (C=O) groups excluding carboxylic acids is 1. The highest BCUT2D eigenvalue weighted by Crippen LogP contribution is 2.30. The van der Waals surface area contributed by atoms with Gasteiger partial charge in [-0.25, -0.2) is 0 Å². The maximum Gasteiger partial charge on any atom is 0.260 e. The van der Waals surface area contributed by atoms with Crippen LogP contribution in [0.5, 0.6) is 0 Å². The number of nitrogens with zero attached hydrogens (tertiary/aromatic N) is 2. The van der Waals surface area contributed by atoms with Crippen molar-refractivity contribution in [2.75, 3.05) is 0 Å². The molecule has 0 bridgehead atoms. The summed E-state index contributed by atoms with van der Waals surface area (Å²) >= 11 is 13.9. The zero-order chi connectivity index (χ0) is 21.1. The third kappa shape index (κ3) is 4.06. The van der Waals surface area contributed by atoms with Crippen LogP contribution in [0.15, 0.2) is 77.8 Å². The van der Waals surface area contributed by atoms with Crippen molar-refractivity contribution in [3.05, 3.63) is 98.8 Å². The number of aromatic nitrogens is 1. The molecule has 1 aromatic heterocycles. The van der Waals surface area contributed by atoms with Gasteiger partial charge in [0.2, 0.25) is 0 Å². The number of carbonyl (C=O) groups is 1. The van der Waals surface area contributed by atoms with Gasteiger partial charge in [-0.1, -0.05) is 101 Å². The van der Waals surface area contributed by atoms with Crippen molar-refractivity contribution in [1.82, 2.24) is 4.57 Å². The average Bonchev–Trinajstić information content (AvgIpc) is 3.07. The van der Waals surface area contributed by atoms with E-state index in [-0.39, 0.29) is 12.5 Å². The van der Waals surface area contributed by atoms with E-state index in [9.17, 15) is 4.79 Å². The molecule has 1 amide bonds. The molecule has 0 unspecified atom stereocenters. The maximum atomic E-state index is 13.4. The molecule has 0 aliphatic rings. The Kier molecular flexibility index (Phi) is 6.06. The summed E-state index contributed by atoms with van der Waals surface area (Å²) in [5.41, 5.74) is 2.48. The molecular weight excluding hydrogens is 435 g/mol. The molecule has 0 aliphatic carbocycles. The van der Waals surface area contributed by atoms with Crippen LogP contribution in [0.2, 0.25) is 10.0 Å². The number of hydrogen-bond acceptors (Lipinski definition) is 2. The quantitative estimate of drug-likeness (QED) is 0.356. The Balaban J connectivity index is 1.90. The summed E-state index contributed by atoms with van der Waals surface area (Å²) in [5, 5.41) is 0.992. The molecule has 0 atom stereocenters. The topological polar surface area (TPSA) is 34.4 Å². The molecule has 148 valence electrons. The van der Waals surface area contributed by atoms with Crippen LogP contribution in [-0.4, -0.2) is 10.5 Å². The number of halogens is 2. The van der Waals surface area contributed by atoms with Gasteiger partial charge in [0, 0.05) is 5.02 Å². The highest BCUT2D eigenvalue weighted by Gasteiger charge is 2.23. The van der Waals surface area contributed by atoms with Crippen molar-refractivity contribution in [3.63, 3.8) is 0 Å². The van der Waals surface area contributed by atoms with E-state index >= 15 is 0 Å². The predicted molar refractivity (Wildman–Crippen MR) is 124 cm³/mol. The maximum absolute atomic E-state index is 13.4. The van der Waals surface area contributed by atoms with Crippen LogP contribution in [-0.2, 0) is 11.3 Å². The second kappa shape index (κ2) is 8.89. The summed E-state index contributed by atoms with van der Waals surface area (Å²) in [6.45, 7) is 0.245. The van der Waals surface area contributed by atoms with E-state index in [0.29, 0.717) is 14.8 Å². The first-order valence-corrected chi connectivity index (χ1v) is 10.8. The minimum absolute atomic E-state index is 0.245. The lowest BCUT2D eigenvalue weighted by atomic mass is 9.91. The van der Waals surface area contributed by atoms with Crippen molar-refractivity contribution in [3.8, 4) is 12.3 Å². The fourth-order valence-corrected chi connectivity index (χ4v) is 5.20. The first kappa shape index (κ1) is 20.4. The van der Waals surface area contributed by atoms with E-state index < -0.39 is 5.92 Å². The van der Waals surface area contributed by atoms with Gasteiger partial charge in [0.15, 0.2) is 4.80 Å². The molecule has 1 heterocycles. The monoisotopic (exact) mass is 450 g/mol. The van der Waals surface area contributed by atoms with Gasteiger partial charge in [0.1, 0.15) is 0 Å². The van der Waals surface area contributed by atoms with Gasteiger partial charge in [-0.3, -0.25) is 4.79 Å². The molecule has 0 saturated heterocycles. The molecule has 4 rings (SSSR count). The Morgan fingerprint density at radius 2 is 1.63 bits per heavy atom. The number of thiazole rings is 1. The first-order chi connectivity index (χ1) is 14.6. The second-order valence-electron chi connectivity index (χ2n) is 6.61. The molecule has 0 aliphatic heterocycles. The van der Waals surface area contributed by atoms with Crippen LogP contribution < -0.4 is 4.80 Å². The van der Waals surface area contributed by atoms with Gasteiger partial charge in [-0.2, -0.15) is 4.99 Å². The minimum Gasteiger partial charge on any atom is -0.303 e. The third-order valence-corrected chi connectivity index (χ3v) is 6.19. The van der Waals surface area contributed by atoms with Gasteiger partial charge in [-0.15, -0.1) is 6.42 Å². The molecule has 0 spiro atoms. The normalized spacial score (nSPS) is 11.7. The second-order valence-corrected chi connectivity index (χ2v) is 8.47. The first-order valence-electron chi connectivity index (χ1n) is 9.19. The summed E-state index contributed by atoms with van der Waals surface area (Å²) in [5.74, 6) is 1.83. The molecule has 6 heteroatoms. The third-order valence-electron chi connectivity index (χ3n) is 4.66. The molecule has 30 heavy (non-hydrogen) atoms. The van der Waals surface area contributed by atoms with E-state index in [2.05, 4.69) is 10.9 Å². The van der Waals surface area contributed by atoms with Crippen LogP contribution in [0.1, 0.15) is 17.0 Å².